The van der Waals surface area contributed by atoms with E-state index in [1.807, 2.05) is 6.92 Å². The first-order chi connectivity index (χ1) is 15.1. The van der Waals surface area contributed by atoms with Crippen molar-refractivity contribution >= 4 is 11.8 Å². The Morgan fingerprint density at radius 2 is 1.58 bits per heavy atom. The number of carbonyl (C=O) groups is 2. The van der Waals surface area contributed by atoms with Gasteiger partial charge in [0.1, 0.15) is 11.8 Å². The van der Waals surface area contributed by atoms with Crippen LogP contribution in [0.2, 0.25) is 0 Å². The number of nitrogens with one attached hydrogen (secondary N) is 3. The topological polar surface area (TPSA) is 116 Å². The highest BCUT2D eigenvalue weighted by Crippen LogP contribution is 2.11. The third-order valence-electron chi connectivity index (χ3n) is 5.14. The minimum atomic E-state index is -0.615. The normalized spacial score (nSPS) is 11.8. The maximum atomic E-state index is 12.6. The first-order valence-corrected chi connectivity index (χ1v) is 11.8. The first kappa shape index (κ1) is 26.9. The molecule has 0 heterocycles. The van der Waals surface area contributed by atoms with Crippen LogP contribution in [-0.2, 0) is 16.0 Å². The van der Waals surface area contributed by atoms with Gasteiger partial charge >= 0.3 is 0 Å². The second-order valence-electron chi connectivity index (χ2n) is 8.05. The molecule has 6 N–H and O–H groups in total. The lowest BCUT2D eigenvalue weighted by Crippen LogP contribution is -2.48. The van der Waals surface area contributed by atoms with Crippen molar-refractivity contribution in [1.82, 2.24) is 16.0 Å². The van der Waals surface area contributed by atoms with Crippen LogP contribution in [0.15, 0.2) is 24.3 Å². The highest BCUT2D eigenvalue weighted by molar-refractivity contribution is 5.87. The number of rotatable bonds is 18. The van der Waals surface area contributed by atoms with Crippen LogP contribution < -0.4 is 21.7 Å². The molecule has 7 nitrogen and oxygen atoms in total. The molecule has 31 heavy (non-hydrogen) atoms. The van der Waals surface area contributed by atoms with Gasteiger partial charge in [-0.2, -0.15) is 0 Å². The second-order valence-corrected chi connectivity index (χ2v) is 8.05. The van der Waals surface area contributed by atoms with E-state index >= 15 is 0 Å². The van der Waals surface area contributed by atoms with Crippen molar-refractivity contribution in [1.29, 1.82) is 0 Å². The zero-order valence-corrected chi connectivity index (χ0v) is 19.1. The van der Waals surface area contributed by atoms with Gasteiger partial charge in [-0.15, -0.1) is 0 Å². The number of carbonyl (C=O) groups excluding carboxylic acids is 2. The smallest absolute Gasteiger partial charge is 0.242 e. The number of benzene rings is 1. The zero-order valence-electron chi connectivity index (χ0n) is 19.1. The molecule has 0 aliphatic rings. The third kappa shape index (κ3) is 13.7. The molecule has 0 spiro atoms. The maximum Gasteiger partial charge on any atom is 0.242 e. The highest BCUT2D eigenvalue weighted by Gasteiger charge is 2.20. The lowest BCUT2D eigenvalue weighted by molar-refractivity contribution is -0.129. The predicted octanol–water partition coefficient (Wildman–Crippen LogP) is 2.61. The van der Waals surface area contributed by atoms with Gasteiger partial charge in [0, 0.05) is 19.4 Å². The summed E-state index contributed by atoms with van der Waals surface area (Å²) < 4.78 is 0. The lowest BCUT2D eigenvalue weighted by Gasteiger charge is -2.19. The van der Waals surface area contributed by atoms with Crippen molar-refractivity contribution in [3.05, 3.63) is 29.8 Å². The number of phenolic OH excluding ortho intramolecular Hbond substituents is 1. The van der Waals surface area contributed by atoms with Gasteiger partial charge < -0.3 is 26.8 Å². The average molecular weight is 435 g/mol. The molecule has 1 aromatic carbocycles. The molecule has 0 fully saturated rings. The molecule has 0 aromatic heterocycles. The molecule has 1 unspecified atom stereocenters. The molecule has 0 bridgehead atoms. The number of nitrogens with two attached hydrogens (primary N) is 1. The molecular weight excluding hydrogens is 392 g/mol. The molecule has 0 radical (unpaired) electrons. The van der Waals surface area contributed by atoms with Gasteiger partial charge in [0.2, 0.25) is 11.8 Å². The summed E-state index contributed by atoms with van der Waals surface area (Å²) in [5.74, 6) is -0.111. The van der Waals surface area contributed by atoms with Crippen molar-refractivity contribution in [3.8, 4) is 5.75 Å². The van der Waals surface area contributed by atoms with E-state index in [1.54, 1.807) is 24.3 Å². The maximum absolute atomic E-state index is 12.6. The number of hydrogen-bond donors (Lipinski definition) is 5. The van der Waals surface area contributed by atoms with Crippen molar-refractivity contribution in [3.63, 3.8) is 0 Å². The van der Waals surface area contributed by atoms with Crippen molar-refractivity contribution in [2.75, 3.05) is 26.2 Å². The fourth-order valence-electron chi connectivity index (χ4n) is 3.35. The van der Waals surface area contributed by atoms with Crippen LogP contribution in [0.3, 0.4) is 0 Å². The van der Waals surface area contributed by atoms with Crippen molar-refractivity contribution < 1.29 is 14.7 Å². The molecule has 0 saturated heterocycles. The van der Waals surface area contributed by atoms with Gasteiger partial charge in [-0.05, 0) is 63.0 Å². The number of amides is 2. The Morgan fingerprint density at radius 1 is 0.935 bits per heavy atom. The Balaban J connectivity index is 2.25. The van der Waals surface area contributed by atoms with E-state index in [0.717, 1.165) is 44.5 Å². The number of aromatic hydroxyl groups is 1. The molecule has 1 aromatic rings. The van der Waals surface area contributed by atoms with Crippen LogP contribution in [0.5, 0.6) is 5.75 Å². The van der Waals surface area contributed by atoms with E-state index < -0.39 is 6.04 Å². The van der Waals surface area contributed by atoms with Crippen molar-refractivity contribution in [2.45, 2.75) is 77.2 Å². The van der Waals surface area contributed by atoms with Gasteiger partial charge in [-0.1, -0.05) is 44.7 Å². The largest absolute Gasteiger partial charge is 0.508 e. The number of phenols is 1. The van der Waals surface area contributed by atoms with Gasteiger partial charge in [-0.25, -0.2) is 0 Å². The van der Waals surface area contributed by atoms with Crippen LogP contribution in [0.1, 0.15) is 70.3 Å². The van der Waals surface area contributed by atoms with Gasteiger partial charge in [0.05, 0.1) is 0 Å². The van der Waals surface area contributed by atoms with E-state index in [-0.39, 0.29) is 17.6 Å². The van der Waals surface area contributed by atoms with Crippen LogP contribution in [0.25, 0.3) is 0 Å². The Labute approximate surface area is 187 Å². The third-order valence-corrected chi connectivity index (χ3v) is 5.14. The minimum Gasteiger partial charge on any atom is -0.508 e. The fourth-order valence-corrected chi connectivity index (χ4v) is 3.35. The van der Waals surface area contributed by atoms with Crippen LogP contribution >= 0.6 is 0 Å². The predicted molar refractivity (Wildman–Crippen MR) is 126 cm³/mol. The van der Waals surface area contributed by atoms with E-state index in [9.17, 15) is 14.7 Å². The highest BCUT2D eigenvalue weighted by atomic mass is 16.3. The van der Waals surface area contributed by atoms with E-state index in [0.29, 0.717) is 19.4 Å². The number of unbranched alkanes of at least 4 members (excludes halogenated alkanes) is 5. The summed E-state index contributed by atoms with van der Waals surface area (Å²) in [6.45, 7) is 5.16. The summed E-state index contributed by atoms with van der Waals surface area (Å²) in [5, 5.41) is 18.6. The molecule has 1 atom stereocenters. The van der Waals surface area contributed by atoms with E-state index in [1.165, 1.54) is 32.1 Å². The SMILES string of the molecule is CCCC(=O)NC(Cc1ccc(O)cc1)C(=O)NCCCNCCCCCCCCN. The summed E-state index contributed by atoms with van der Waals surface area (Å²) >= 11 is 0. The molecule has 0 aliphatic carbocycles. The molecule has 2 amide bonds. The quantitative estimate of drug-likeness (QED) is 0.228. The monoisotopic (exact) mass is 434 g/mol. The average Bonchev–Trinajstić information content (AvgIpc) is 2.75. The molecule has 1 rings (SSSR count). The standard InChI is InChI=1S/C24H42N4O3/c1-2-10-23(30)28-22(19-20-11-13-21(29)14-12-20)24(31)27-18-9-17-26-16-8-6-4-3-5-7-15-25/h11-14,22,26,29H,2-10,15-19,25H2,1H3,(H,27,31)(H,28,30). The Hall–Kier alpha value is -2.12. The summed E-state index contributed by atoms with van der Waals surface area (Å²) in [7, 11) is 0. The van der Waals surface area contributed by atoms with E-state index in [4.69, 9.17) is 5.73 Å². The summed E-state index contributed by atoms with van der Waals surface area (Å²) in [6, 6.07) is 6.09. The molecule has 176 valence electrons. The van der Waals surface area contributed by atoms with Gasteiger partial charge in [0.15, 0.2) is 0 Å². The summed E-state index contributed by atoms with van der Waals surface area (Å²) in [4.78, 5) is 24.7. The Kier molecular flexibility index (Phi) is 15.2. The van der Waals surface area contributed by atoms with Gasteiger partial charge in [0.25, 0.3) is 0 Å². The van der Waals surface area contributed by atoms with E-state index in [2.05, 4.69) is 16.0 Å². The molecule has 0 aliphatic heterocycles. The number of hydrogen-bond acceptors (Lipinski definition) is 5. The minimum absolute atomic E-state index is 0.119. The second kappa shape index (κ2) is 17.5. The van der Waals surface area contributed by atoms with Gasteiger partial charge in [-0.3, -0.25) is 9.59 Å². The Morgan fingerprint density at radius 3 is 2.26 bits per heavy atom. The summed E-state index contributed by atoms with van der Waals surface area (Å²) in [5.41, 5.74) is 6.38. The molecule has 0 saturated carbocycles. The van der Waals surface area contributed by atoms with Crippen LogP contribution in [-0.4, -0.2) is 49.1 Å². The van der Waals surface area contributed by atoms with Crippen LogP contribution in [0, 0.1) is 0 Å². The molecule has 7 heteroatoms. The van der Waals surface area contributed by atoms with Crippen molar-refractivity contribution in [2.24, 2.45) is 5.73 Å². The van der Waals surface area contributed by atoms with Crippen LogP contribution in [0.4, 0.5) is 0 Å². The molecular formula is C24H42N4O3. The lowest BCUT2D eigenvalue weighted by atomic mass is 10.0. The zero-order chi connectivity index (χ0) is 22.7. The first-order valence-electron chi connectivity index (χ1n) is 11.8. The Bertz CT molecular complexity index is 607. The fraction of sp³-hybridized carbons (Fsp3) is 0.667. The summed E-state index contributed by atoms with van der Waals surface area (Å²) in [6.07, 6.45) is 9.68.